The van der Waals surface area contributed by atoms with Crippen LogP contribution in [0.5, 0.6) is 5.75 Å². The molecule has 6 heteroatoms. The summed E-state index contributed by atoms with van der Waals surface area (Å²) in [6.45, 7) is 6.16. The van der Waals surface area contributed by atoms with Gasteiger partial charge in [-0.25, -0.2) is 0 Å². The topological polar surface area (TPSA) is 92.7 Å². The SMILES string of the molecule is CC(=O)c1cccc(OC(C)C(=O)NC(C)C(C)C(=O)O)c1. The van der Waals surface area contributed by atoms with Gasteiger partial charge in [0.05, 0.1) is 5.92 Å². The van der Waals surface area contributed by atoms with E-state index in [1.54, 1.807) is 38.1 Å². The second-order valence-corrected chi connectivity index (χ2v) is 5.27. The standard InChI is InChI=1S/C16H21NO5/c1-9(16(20)21)10(2)17-15(19)12(4)22-14-7-5-6-13(8-14)11(3)18/h5-10,12H,1-4H3,(H,17,19)(H,20,21). The van der Waals surface area contributed by atoms with E-state index >= 15 is 0 Å². The van der Waals surface area contributed by atoms with E-state index in [1.807, 2.05) is 0 Å². The number of carbonyl (C=O) groups is 3. The monoisotopic (exact) mass is 307 g/mol. The molecule has 2 N–H and O–H groups in total. The van der Waals surface area contributed by atoms with Crippen molar-refractivity contribution in [1.82, 2.24) is 5.32 Å². The van der Waals surface area contributed by atoms with Crippen LogP contribution in [0.1, 0.15) is 38.1 Å². The normalized spacial score (nSPS) is 14.5. The number of hydrogen-bond acceptors (Lipinski definition) is 4. The first kappa shape index (κ1) is 17.7. The largest absolute Gasteiger partial charge is 0.481 e. The Labute approximate surface area is 129 Å². The van der Waals surface area contributed by atoms with Crippen molar-refractivity contribution < 1.29 is 24.2 Å². The van der Waals surface area contributed by atoms with Crippen molar-refractivity contribution >= 4 is 17.7 Å². The van der Waals surface area contributed by atoms with Gasteiger partial charge in [0, 0.05) is 11.6 Å². The van der Waals surface area contributed by atoms with Crippen LogP contribution in [-0.2, 0) is 9.59 Å². The lowest BCUT2D eigenvalue weighted by Gasteiger charge is -2.21. The van der Waals surface area contributed by atoms with Crippen molar-refractivity contribution in [2.24, 2.45) is 5.92 Å². The predicted octanol–water partition coefficient (Wildman–Crippen LogP) is 1.88. The summed E-state index contributed by atoms with van der Waals surface area (Å²) < 4.78 is 5.50. The van der Waals surface area contributed by atoms with Gasteiger partial charge >= 0.3 is 5.97 Å². The molecule has 0 aliphatic heterocycles. The maximum Gasteiger partial charge on any atom is 0.308 e. The average Bonchev–Trinajstić information content (AvgIpc) is 2.46. The first-order chi connectivity index (χ1) is 10.2. The Morgan fingerprint density at radius 3 is 2.36 bits per heavy atom. The highest BCUT2D eigenvalue weighted by Gasteiger charge is 2.24. The molecule has 22 heavy (non-hydrogen) atoms. The maximum absolute atomic E-state index is 12.0. The molecule has 0 aromatic heterocycles. The number of carboxylic acids is 1. The van der Waals surface area contributed by atoms with Gasteiger partial charge < -0.3 is 15.2 Å². The Hall–Kier alpha value is -2.37. The molecule has 3 unspecified atom stereocenters. The summed E-state index contributed by atoms with van der Waals surface area (Å²) >= 11 is 0. The summed E-state index contributed by atoms with van der Waals surface area (Å²) in [5.41, 5.74) is 0.498. The van der Waals surface area contributed by atoms with Crippen molar-refractivity contribution in [2.75, 3.05) is 0 Å². The zero-order chi connectivity index (χ0) is 16.9. The molecule has 0 heterocycles. The first-order valence-electron chi connectivity index (χ1n) is 7.03. The number of ether oxygens (including phenoxy) is 1. The summed E-state index contributed by atoms with van der Waals surface area (Å²) in [7, 11) is 0. The van der Waals surface area contributed by atoms with Crippen LogP contribution in [0.15, 0.2) is 24.3 Å². The minimum absolute atomic E-state index is 0.0912. The van der Waals surface area contributed by atoms with Crippen LogP contribution in [0.3, 0.4) is 0 Å². The van der Waals surface area contributed by atoms with Gasteiger partial charge in [-0.3, -0.25) is 14.4 Å². The molecule has 6 nitrogen and oxygen atoms in total. The van der Waals surface area contributed by atoms with Gasteiger partial charge in [-0.05, 0) is 39.8 Å². The fourth-order valence-electron chi connectivity index (χ4n) is 1.73. The molecule has 3 atom stereocenters. The van der Waals surface area contributed by atoms with Crippen molar-refractivity contribution in [3.05, 3.63) is 29.8 Å². The predicted molar refractivity (Wildman–Crippen MR) is 80.9 cm³/mol. The van der Waals surface area contributed by atoms with E-state index in [9.17, 15) is 14.4 Å². The Bertz CT molecular complexity index is 569. The number of aliphatic carboxylic acids is 1. The molecule has 120 valence electrons. The van der Waals surface area contributed by atoms with Crippen molar-refractivity contribution in [3.8, 4) is 5.75 Å². The summed E-state index contributed by atoms with van der Waals surface area (Å²) in [5.74, 6) is -1.76. The Kier molecular flexibility index (Phi) is 6.10. The van der Waals surface area contributed by atoms with E-state index in [1.165, 1.54) is 13.8 Å². The summed E-state index contributed by atoms with van der Waals surface area (Å²) in [6.07, 6.45) is -0.800. The smallest absolute Gasteiger partial charge is 0.308 e. The summed E-state index contributed by atoms with van der Waals surface area (Å²) in [6, 6.07) is 6.04. The third-order valence-corrected chi connectivity index (χ3v) is 3.43. The maximum atomic E-state index is 12.0. The molecule has 0 aliphatic rings. The zero-order valence-electron chi connectivity index (χ0n) is 13.1. The molecule has 1 aromatic carbocycles. The fraction of sp³-hybridized carbons (Fsp3) is 0.438. The number of Topliss-reactive ketones (excluding diaryl/α,β-unsaturated/α-hetero) is 1. The highest BCUT2D eigenvalue weighted by atomic mass is 16.5. The molecule has 0 spiro atoms. The minimum Gasteiger partial charge on any atom is -0.481 e. The number of nitrogens with one attached hydrogen (secondary N) is 1. The molecule has 0 fully saturated rings. The van der Waals surface area contributed by atoms with Crippen LogP contribution >= 0.6 is 0 Å². The van der Waals surface area contributed by atoms with Crippen LogP contribution in [0.25, 0.3) is 0 Å². The fourth-order valence-corrected chi connectivity index (χ4v) is 1.73. The first-order valence-corrected chi connectivity index (χ1v) is 7.03. The quantitative estimate of drug-likeness (QED) is 0.750. The van der Waals surface area contributed by atoms with Gasteiger partial charge in [0.2, 0.25) is 0 Å². The molecular formula is C16H21NO5. The second-order valence-electron chi connectivity index (χ2n) is 5.27. The van der Waals surface area contributed by atoms with Crippen LogP contribution in [0.4, 0.5) is 0 Å². The zero-order valence-corrected chi connectivity index (χ0v) is 13.1. The molecule has 0 bridgehead atoms. The highest BCUT2D eigenvalue weighted by Crippen LogP contribution is 2.15. The van der Waals surface area contributed by atoms with Gasteiger partial charge in [0.25, 0.3) is 5.91 Å². The lowest BCUT2D eigenvalue weighted by molar-refractivity contribution is -0.142. The molecule has 1 rings (SSSR count). The van der Waals surface area contributed by atoms with Gasteiger partial charge in [-0.1, -0.05) is 12.1 Å². The van der Waals surface area contributed by atoms with E-state index in [0.29, 0.717) is 11.3 Å². The van der Waals surface area contributed by atoms with Crippen LogP contribution in [0, 0.1) is 5.92 Å². The molecule has 0 aliphatic carbocycles. The van der Waals surface area contributed by atoms with Gasteiger partial charge in [-0.2, -0.15) is 0 Å². The minimum atomic E-state index is -0.976. The highest BCUT2D eigenvalue weighted by molar-refractivity contribution is 5.94. The lowest BCUT2D eigenvalue weighted by atomic mass is 10.0. The van der Waals surface area contributed by atoms with E-state index < -0.39 is 29.9 Å². The van der Waals surface area contributed by atoms with E-state index in [0.717, 1.165) is 0 Å². The number of amides is 1. The molecule has 0 saturated carbocycles. The second kappa shape index (κ2) is 7.59. The molecular weight excluding hydrogens is 286 g/mol. The van der Waals surface area contributed by atoms with Crippen LogP contribution in [-0.4, -0.2) is 34.9 Å². The van der Waals surface area contributed by atoms with Gasteiger partial charge in [-0.15, -0.1) is 0 Å². The third-order valence-electron chi connectivity index (χ3n) is 3.43. The number of carboxylic acid groups (broad SMARTS) is 1. The molecule has 1 aromatic rings. The van der Waals surface area contributed by atoms with Crippen LogP contribution < -0.4 is 10.1 Å². The Morgan fingerprint density at radius 2 is 1.82 bits per heavy atom. The Morgan fingerprint density at radius 1 is 1.18 bits per heavy atom. The summed E-state index contributed by atoms with van der Waals surface area (Å²) in [5, 5.41) is 11.5. The number of rotatable bonds is 7. The molecule has 0 radical (unpaired) electrons. The van der Waals surface area contributed by atoms with Crippen molar-refractivity contribution in [1.29, 1.82) is 0 Å². The van der Waals surface area contributed by atoms with Crippen LogP contribution in [0.2, 0.25) is 0 Å². The van der Waals surface area contributed by atoms with E-state index in [-0.39, 0.29) is 5.78 Å². The van der Waals surface area contributed by atoms with E-state index in [2.05, 4.69) is 5.32 Å². The average molecular weight is 307 g/mol. The number of hydrogen-bond donors (Lipinski definition) is 2. The molecule has 1 amide bonds. The number of benzene rings is 1. The van der Waals surface area contributed by atoms with Gasteiger partial charge in [0.15, 0.2) is 11.9 Å². The lowest BCUT2D eigenvalue weighted by Crippen LogP contribution is -2.45. The van der Waals surface area contributed by atoms with Crippen molar-refractivity contribution in [2.45, 2.75) is 39.8 Å². The summed E-state index contributed by atoms with van der Waals surface area (Å²) in [4.78, 5) is 34.2. The van der Waals surface area contributed by atoms with Gasteiger partial charge in [0.1, 0.15) is 5.75 Å². The third kappa shape index (κ3) is 4.87. The van der Waals surface area contributed by atoms with Crippen molar-refractivity contribution in [3.63, 3.8) is 0 Å². The van der Waals surface area contributed by atoms with E-state index in [4.69, 9.17) is 9.84 Å². The number of ketones is 1. The Balaban J connectivity index is 2.66. The number of carbonyl (C=O) groups excluding carboxylic acids is 2. The molecule has 0 saturated heterocycles.